The number of unbranched alkanes of at least 4 members (excludes halogenated alkanes) is 5. The molecular weight excluding hydrogens is 949 g/mol. The summed E-state index contributed by atoms with van der Waals surface area (Å²) in [6.07, 6.45) is 4.80. The van der Waals surface area contributed by atoms with E-state index >= 15 is 0 Å². The quantitative estimate of drug-likeness (QED) is 0.0445. The fourth-order valence-electron chi connectivity index (χ4n) is 8.97. The Morgan fingerprint density at radius 2 is 1.59 bits per heavy atom. The van der Waals surface area contributed by atoms with E-state index in [1.54, 1.807) is 48.0 Å². The predicted octanol–water partition coefficient (Wildman–Crippen LogP) is 6.78. The first-order valence-corrected chi connectivity index (χ1v) is 27.0. The number of carbonyl (C=O) groups excluding carboxylic acids is 6. The maximum atomic E-state index is 14.0. The van der Waals surface area contributed by atoms with Gasteiger partial charge in [-0.1, -0.05) is 82.9 Å². The average molecular weight is 1020 g/mol. The summed E-state index contributed by atoms with van der Waals surface area (Å²) in [7, 11) is -2.24. The van der Waals surface area contributed by atoms with Crippen LogP contribution in [0.15, 0.2) is 66.2 Å². The van der Waals surface area contributed by atoms with Gasteiger partial charge in [-0.3, -0.25) is 33.7 Å². The summed E-state index contributed by atoms with van der Waals surface area (Å²) in [5, 5.41) is 19.2. The Morgan fingerprint density at radius 3 is 2.21 bits per heavy atom. The van der Waals surface area contributed by atoms with Gasteiger partial charge in [-0.25, -0.2) is 13.4 Å². The number of sulfone groups is 1. The number of benzene rings is 3. The van der Waals surface area contributed by atoms with Crippen LogP contribution in [0.1, 0.15) is 129 Å². The van der Waals surface area contributed by atoms with Gasteiger partial charge in [-0.05, 0) is 73.1 Å². The highest BCUT2D eigenvalue weighted by molar-refractivity contribution is 7.90. The Balaban J connectivity index is 0.938. The normalized spacial score (nSPS) is 16.6. The number of thiazole rings is 1. The van der Waals surface area contributed by atoms with E-state index in [4.69, 9.17) is 9.47 Å². The van der Waals surface area contributed by atoms with Crippen molar-refractivity contribution in [3.05, 3.63) is 94.1 Å². The molecule has 19 heteroatoms. The Kier molecular flexibility index (Phi) is 18.2. The van der Waals surface area contributed by atoms with E-state index in [1.807, 2.05) is 52.0 Å². The molecule has 0 spiro atoms. The van der Waals surface area contributed by atoms with Crippen molar-refractivity contribution < 1.29 is 51.8 Å². The monoisotopic (exact) mass is 1010 g/mol. The van der Waals surface area contributed by atoms with Gasteiger partial charge in [-0.2, -0.15) is 0 Å². The molecule has 0 radical (unpaired) electrons. The van der Waals surface area contributed by atoms with Crippen molar-refractivity contribution in [2.45, 2.75) is 123 Å². The molecule has 4 N–H and O–H groups in total. The second kappa shape index (κ2) is 23.8. The van der Waals surface area contributed by atoms with E-state index in [9.17, 15) is 42.3 Å². The molecule has 0 aliphatic carbocycles. The number of hydrogen-bond acceptors (Lipinski definition) is 13. The van der Waals surface area contributed by atoms with Crippen molar-refractivity contribution in [2.75, 3.05) is 37.6 Å². The minimum absolute atomic E-state index is 0.0105. The summed E-state index contributed by atoms with van der Waals surface area (Å²) in [6, 6.07) is 14.1. The second-order valence-corrected chi connectivity index (χ2v) is 22.3. The van der Waals surface area contributed by atoms with Crippen LogP contribution in [-0.4, -0.2) is 114 Å². The molecule has 1 aromatic heterocycles. The number of rotatable bonds is 23. The zero-order valence-corrected chi connectivity index (χ0v) is 43.2. The van der Waals surface area contributed by atoms with Gasteiger partial charge < -0.3 is 35.4 Å². The number of carbonyl (C=O) groups is 6. The lowest BCUT2D eigenvalue weighted by Crippen LogP contribution is -2.57. The first-order chi connectivity index (χ1) is 33.7. The Hall–Kier alpha value is -6.18. The predicted molar refractivity (Wildman–Crippen MR) is 271 cm³/mol. The van der Waals surface area contributed by atoms with Crippen molar-refractivity contribution in [3.8, 4) is 21.9 Å². The molecule has 2 aliphatic rings. The summed E-state index contributed by atoms with van der Waals surface area (Å²) < 4.78 is 36.4. The molecule has 17 nitrogen and oxygen atoms in total. The fraction of sp³-hybridized carbons (Fsp3) is 0.481. The Labute approximate surface area is 420 Å². The Bertz CT molecular complexity index is 2700. The van der Waals surface area contributed by atoms with Gasteiger partial charge in [0, 0.05) is 38.6 Å². The minimum Gasteiger partial charge on any atom is -0.493 e. The van der Waals surface area contributed by atoms with Crippen LogP contribution in [0.5, 0.6) is 11.5 Å². The maximum Gasteiger partial charge on any atom is 0.264 e. The molecule has 1 saturated heterocycles. The fourth-order valence-corrected chi connectivity index (χ4v) is 10.7. The van der Waals surface area contributed by atoms with Gasteiger partial charge >= 0.3 is 0 Å². The van der Waals surface area contributed by atoms with Crippen LogP contribution in [0.4, 0.5) is 5.69 Å². The lowest BCUT2D eigenvalue weighted by molar-refractivity contribution is -0.144. The third-order valence-corrected chi connectivity index (χ3v) is 14.5. The van der Waals surface area contributed by atoms with E-state index in [0.29, 0.717) is 36.5 Å². The van der Waals surface area contributed by atoms with Gasteiger partial charge in [0.1, 0.15) is 21.9 Å². The molecule has 382 valence electrons. The van der Waals surface area contributed by atoms with Gasteiger partial charge in [0.05, 0.1) is 64.5 Å². The van der Waals surface area contributed by atoms with Gasteiger partial charge in [0.2, 0.25) is 23.6 Å². The molecule has 0 bridgehead atoms. The number of aliphatic hydroxyl groups excluding tert-OH is 1. The van der Waals surface area contributed by atoms with Crippen LogP contribution in [0.25, 0.3) is 10.4 Å². The molecule has 71 heavy (non-hydrogen) atoms. The number of aliphatic hydroxyl groups is 1. The topological polar surface area (TPSA) is 231 Å². The third-order valence-electron chi connectivity index (χ3n) is 12.6. The SMILES string of the molecule is CCOc1cc([C@@H](CS(C)(=O)=O)N2C(=O)c3cccc(NC(=O)CCCCCCCCC(=O)N[C@H](C(=O)N4C[C@H](O)C[C@H]4C(=O)NCc4ccc(-c5scnc5C)cc4)C(C)(C)C)c3C2=O)ccc1OC. The molecule has 1 fully saturated rings. The number of amides is 6. The van der Waals surface area contributed by atoms with Crippen LogP contribution < -0.4 is 25.4 Å². The van der Waals surface area contributed by atoms with Gasteiger partial charge in [0.25, 0.3) is 11.8 Å². The van der Waals surface area contributed by atoms with E-state index in [1.165, 1.54) is 24.1 Å². The number of likely N-dealkylation sites (tertiary alicyclic amines) is 1. The number of aromatic nitrogens is 1. The van der Waals surface area contributed by atoms with Crippen molar-refractivity contribution in [2.24, 2.45) is 5.41 Å². The summed E-state index contributed by atoms with van der Waals surface area (Å²) in [5.41, 5.74) is 4.55. The standard InChI is InChI=1S/C52H66N6O11S2/c1-8-69-42-26-35(24-25-41(42)68-6)40(30-71(7,66)67)58-49(63)37-16-15-17-38(45(37)50(58)64)55-43(60)18-13-11-9-10-12-14-19-44(61)56-47(52(3,4)5)51(65)57-29-36(59)27-39(57)48(62)53-28-33-20-22-34(23-21-33)46-32(2)54-31-70-46/h15-17,20-26,31,36,39-40,47,59H,8-14,18-19,27-30H2,1-7H3,(H,53,62)(H,55,60)(H,56,61)/t36-,39+,40-,47-/m1/s1. The van der Waals surface area contributed by atoms with Gasteiger partial charge in [-0.15, -0.1) is 11.3 Å². The second-order valence-electron chi connectivity index (χ2n) is 19.3. The molecule has 6 rings (SSSR count). The molecule has 4 atom stereocenters. The van der Waals surface area contributed by atoms with Crippen LogP contribution in [0.2, 0.25) is 0 Å². The molecule has 3 heterocycles. The summed E-state index contributed by atoms with van der Waals surface area (Å²) >= 11 is 1.56. The highest BCUT2D eigenvalue weighted by atomic mass is 32.2. The zero-order chi connectivity index (χ0) is 51.6. The van der Waals surface area contributed by atoms with E-state index < -0.39 is 63.0 Å². The molecule has 4 aromatic rings. The molecule has 0 unspecified atom stereocenters. The number of imide groups is 1. The highest BCUT2D eigenvalue weighted by Gasteiger charge is 2.45. The van der Waals surface area contributed by atoms with E-state index in [2.05, 4.69) is 20.9 Å². The minimum atomic E-state index is -3.71. The number of nitrogens with zero attached hydrogens (tertiary/aromatic N) is 3. The molecule has 2 aliphatic heterocycles. The number of anilines is 1. The molecule has 6 amide bonds. The summed E-state index contributed by atoms with van der Waals surface area (Å²) in [5.74, 6) is -2.64. The number of ether oxygens (including phenoxy) is 2. The number of β-amino-alcohol motifs (C(OH)–C–C–N with tert-alkyl or cyclic N) is 1. The van der Waals surface area contributed by atoms with Crippen molar-refractivity contribution in [1.29, 1.82) is 0 Å². The number of methoxy groups -OCH3 is 1. The van der Waals surface area contributed by atoms with Crippen LogP contribution in [0.3, 0.4) is 0 Å². The third kappa shape index (κ3) is 13.8. The Morgan fingerprint density at radius 1 is 0.915 bits per heavy atom. The van der Waals surface area contributed by atoms with Crippen LogP contribution in [-0.2, 0) is 35.6 Å². The highest BCUT2D eigenvalue weighted by Crippen LogP contribution is 2.39. The smallest absolute Gasteiger partial charge is 0.264 e. The first-order valence-electron chi connectivity index (χ1n) is 24.0. The number of nitrogens with one attached hydrogen (secondary N) is 3. The first kappa shape index (κ1) is 54.2. The van der Waals surface area contributed by atoms with Crippen LogP contribution >= 0.6 is 11.3 Å². The lowest BCUT2D eigenvalue weighted by Gasteiger charge is -2.35. The lowest BCUT2D eigenvalue weighted by atomic mass is 9.85. The average Bonchev–Trinajstić information content (AvgIpc) is 4.01. The number of aryl methyl sites for hydroxylation is 1. The summed E-state index contributed by atoms with van der Waals surface area (Å²) in [4.78, 5) is 89.5. The molecule has 0 saturated carbocycles. The number of fused-ring (bicyclic) bond motifs is 1. The van der Waals surface area contributed by atoms with E-state index in [-0.39, 0.29) is 66.9 Å². The maximum absolute atomic E-state index is 14.0. The number of hydrogen-bond donors (Lipinski definition) is 4. The van der Waals surface area contributed by atoms with E-state index in [0.717, 1.165) is 58.5 Å². The molecule has 3 aromatic carbocycles. The van der Waals surface area contributed by atoms with Crippen molar-refractivity contribution >= 4 is 62.3 Å². The van der Waals surface area contributed by atoms with Crippen molar-refractivity contribution in [3.63, 3.8) is 0 Å². The zero-order valence-electron chi connectivity index (χ0n) is 41.5. The molecular formula is C52H66N6O11S2. The largest absolute Gasteiger partial charge is 0.493 e. The van der Waals surface area contributed by atoms with Crippen LogP contribution in [0, 0.1) is 12.3 Å². The van der Waals surface area contributed by atoms with Gasteiger partial charge in [0.15, 0.2) is 11.5 Å². The van der Waals surface area contributed by atoms with Crippen molar-refractivity contribution in [1.82, 2.24) is 25.4 Å². The summed E-state index contributed by atoms with van der Waals surface area (Å²) in [6.45, 7) is 9.80.